The quantitative estimate of drug-likeness (QED) is 0.906. The van der Waals surface area contributed by atoms with E-state index >= 15 is 0 Å². The van der Waals surface area contributed by atoms with E-state index in [9.17, 15) is 9.59 Å². The van der Waals surface area contributed by atoms with E-state index in [1.165, 1.54) is 0 Å². The first kappa shape index (κ1) is 13.6. The molecule has 0 saturated carbocycles. The number of aryl methyl sites for hydroxylation is 1. The number of aliphatic carboxylic acids is 1. The van der Waals surface area contributed by atoms with Gasteiger partial charge in [-0.2, -0.15) is 0 Å². The lowest BCUT2D eigenvalue weighted by Gasteiger charge is -2.33. The Balaban J connectivity index is 2.26. The van der Waals surface area contributed by atoms with E-state index in [2.05, 4.69) is 0 Å². The minimum atomic E-state index is -0.852. The van der Waals surface area contributed by atoms with Crippen LogP contribution in [0.15, 0.2) is 18.2 Å². The first-order valence-corrected chi connectivity index (χ1v) is 6.40. The van der Waals surface area contributed by atoms with Gasteiger partial charge >= 0.3 is 5.97 Å². The molecule has 1 N–H and O–H groups in total. The van der Waals surface area contributed by atoms with Crippen LogP contribution in [0.25, 0.3) is 0 Å². The molecule has 0 spiro atoms. The van der Waals surface area contributed by atoms with Crippen LogP contribution in [-0.2, 0) is 11.2 Å². The largest absolute Gasteiger partial charge is 0.497 e. The Bertz CT molecular complexity index is 521. The average molecular weight is 262 g/mol. The van der Waals surface area contributed by atoms with Crippen molar-refractivity contribution in [2.45, 2.75) is 32.6 Å². The molecule has 1 aromatic rings. The minimum absolute atomic E-state index is 0.0354. The molecule has 0 aromatic heterocycles. The summed E-state index contributed by atoms with van der Waals surface area (Å²) in [5, 5.41) is 8.78. The van der Waals surface area contributed by atoms with Crippen molar-refractivity contribution in [1.29, 1.82) is 0 Å². The van der Waals surface area contributed by atoms with Crippen molar-refractivity contribution in [2.75, 3.05) is 7.11 Å². The Morgan fingerprint density at radius 2 is 2.21 bits per heavy atom. The number of fused-ring (bicyclic) bond motifs is 1. The lowest BCUT2D eigenvalue weighted by molar-refractivity contribution is -0.137. The summed E-state index contributed by atoms with van der Waals surface area (Å²) >= 11 is 0. The van der Waals surface area contributed by atoms with Gasteiger partial charge in [-0.3, -0.25) is 9.59 Å². The smallest absolute Gasteiger partial charge is 0.303 e. The van der Waals surface area contributed by atoms with Gasteiger partial charge in [0.2, 0.25) is 0 Å². The van der Waals surface area contributed by atoms with Crippen molar-refractivity contribution in [2.24, 2.45) is 5.41 Å². The normalized spacial score (nSPS) is 21.9. The van der Waals surface area contributed by atoms with Crippen LogP contribution in [0, 0.1) is 5.41 Å². The molecule has 2 rings (SSSR count). The topological polar surface area (TPSA) is 63.6 Å². The number of hydrogen-bond donors (Lipinski definition) is 1. The van der Waals surface area contributed by atoms with Gasteiger partial charge in [0.25, 0.3) is 0 Å². The Morgan fingerprint density at radius 3 is 2.84 bits per heavy atom. The maximum atomic E-state index is 12.5. The third kappa shape index (κ3) is 2.62. The Morgan fingerprint density at radius 1 is 1.47 bits per heavy atom. The molecule has 0 saturated heterocycles. The fourth-order valence-corrected chi connectivity index (χ4v) is 2.60. The molecule has 4 nitrogen and oxygen atoms in total. The minimum Gasteiger partial charge on any atom is -0.497 e. The maximum Gasteiger partial charge on any atom is 0.303 e. The summed E-state index contributed by atoms with van der Waals surface area (Å²) in [5.41, 5.74) is 1.15. The van der Waals surface area contributed by atoms with E-state index in [4.69, 9.17) is 9.84 Å². The molecule has 1 aromatic carbocycles. The van der Waals surface area contributed by atoms with Gasteiger partial charge in [0.1, 0.15) is 5.75 Å². The van der Waals surface area contributed by atoms with E-state index in [0.717, 1.165) is 17.7 Å². The van der Waals surface area contributed by atoms with Gasteiger partial charge < -0.3 is 9.84 Å². The summed E-state index contributed by atoms with van der Waals surface area (Å²) in [5.74, 6) is -0.0482. The monoisotopic (exact) mass is 262 g/mol. The van der Waals surface area contributed by atoms with Crippen LogP contribution in [0.5, 0.6) is 5.75 Å². The number of carbonyl (C=O) groups is 2. The first-order valence-electron chi connectivity index (χ1n) is 6.40. The van der Waals surface area contributed by atoms with E-state index in [0.29, 0.717) is 18.4 Å². The standard InChI is InChI=1S/C15H18O4/c1-15(8-6-13(16)17)7-5-10-9-11(19-2)3-4-12(10)14(15)18/h3-4,9H,5-8H2,1-2H3,(H,16,17)/t15-/m1/s1. The first-order chi connectivity index (χ1) is 8.96. The van der Waals surface area contributed by atoms with Crippen molar-refractivity contribution in [3.05, 3.63) is 29.3 Å². The summed E-state index contributed by atoms with van der Waals surface area (Å²) in [4.78, 5) is 23.2. The lowest BCUT2D eigenvalue weighted by atomic mass is 9.69. The second-order valence-corrected chi connectivity index (χ2v) is 5.31. The number of rotatable bonds is 4. The molecule has 0 fully saturated rings. The summed E-state index contributed by atoms with van der Waals surface area (Å²) in [6.07, 6.45) is 1.91. The molecule has 0 radical (unpaired) electrons. The number of carboxylic acids is 1. The fraction of sp³-hybridized carbons (Fsp3) is 0.467. The predicted octanol–water partition coefficient (Wildman–Crippen LogP) is 2.70. The highest BCUT2D eigenvalue weighted by Gasteiger charge is 2.38. The van der Waals surface area contributed by atoms with E-state index in [-0.39, 0.29) is 12.2 Å². The number of carbonyl (C=O) groups excluding carboxylic acids is 1. The van der Waals surface area contributed by atoms with Crippen LogP contribution in [0.1, 0.15) is 42.1 Å². The number of Topliss-reactive ketones (excluding diaryl/α,β-unsaturated/α-hetero) is 1. The molecule has 102 valence electrons. The predicted molar refractivity (Wildman–Crippen MR) is 70.6 cm³/mol. The molecule has 0 heterocycles. The molecule has 0 aliphatic heterocycles. The summed E-state index contributed by atoms with van der Waals surface area (Å²) < 4.78 is 5.16. The highest BCUT2D eigenvalue weighted by atomic mass is 16.5. The fourth-order valence-electron chi connectivity index (χ4n) is 2.60. The van der Waals surface area contributed by atoms with E-state index < -0.39 is 11.4 Å². The Kier molecular flexibility index (Phi) is 3.60. The van der Waals surface area contributed by atoms with Gasteiger partial charge in [-0.25, -0.2) is 0 Å². The zero-order valence-electron chi connectivity index (χ0n) is 11.2. The molecule has 1 aliphatic rings. The van der Waals surface area contributed by atoms with Crippen LogP contribution < -0.4 is 4.74 Å². The Hall–Kier alpha value is -1.84. The zero-order chi connectivity index (χ0) is 14.0. The molecule has 0 unspecified atom stereocenters. The van der Waals surface area contributed by atoms with Crippen molar-refractivity contribution >= 4 is 11.8 Å². The number of ketones is 1. The molecule has 0 bridgehead atoms. The molecule has 19 heavy (non-hydrogen) atoms. The number of methoxy groups -OCH3 is 1. The van der Waals surface area contributed by atoms with Gasteiger partial charge in [0.15, 0.2) is 5.78 Å². The number of ether oxygens (including phenoxy) is 1. The van der Waals surface area contributed by atoms with E-state index in [1.54, 1.807) is 19.2 Å². The molecular formula is C15H18O4. The second-order valence-electron chi connectivity index (χ2n) is 5.31. The van der Waals surface area contributed by atoms with Crippen molar-refractivity contribution in [3.8, 4) is 5.75 Å². The van der Waals surface area contributed by atoms with Crippen LogP contribution in [0.2, 0.25) is 0 Å². The average Bonchev–Trinajstić information content (AvgIpc) is 2.41. The third-order valence-electron chi connectivity index (χ3n) is 3.94. The number of carboxylic acid groups (broad SMARTS) is 1. The lowest BCUT2D eigenvalue weighted by Crippen LogP contribution is -2.33. The molecular weight excluding hydrogens is 244 g/mol. The SMILES string of the molecule is COc1ccc2c(c1)CC[C@](C)(CCC(=O)O)C2=O. The van der Waals surface area contributed by atoms with Crippen LogP contribution >= 0.6 is 0 Å². The maximum absolute atomic E-state index is 12.5. The highest BCUT2D eigenvalue weighted by Crippen LogP contribution is 2.39. The molecule has 1 aliphatic carbocycles. The van der Waals surface area contributed by atoms with Gasteiger partial charge in [-0.15, -0.1) is 0 Å². The number of hydrogen-bond acceptors (Lipinski definition) is 3. The summed E-state index contributed by atoms with van der Waals surface area (Å²) in [7, 11) is 1.60. The van der Waals surface area contributed by atoms with Gasteiger partial charge in [-0.1, -0.05) is 6.92 Å². The van der Waals surface area contributed by atoms with Gasteiger partial charge in [-0.05, 0) is 43.0 Å². The van der Waals surface area contributed by atoms with E-state index in [1.807, 2.05) is 13.0 Å². The van der Waals surface area contributed by atoms with Crippen LogP contribution in [0.3, 0.4) is 0 Å². The Labute approximate surface area is 112 Å². The van der Waals surface area contributed by atoms with Crippen molar-refractivity contribution in [1.82, 2.24) is 0 Å². The summed E-state index contributed by atoms with van der Waals surface area (Å²) in [6, 6.07) is 5.46. The second kappa shape index (κ2) is 5.03. The van der Waals surface area contributed by atoms with Crippen LogP contribution in [0.4, 0.5) is 0 Å². The zero-order valence-corrected chi connectivity index (χ0v) is 11.2. The third-order valence-corrected chi connectivity index (χ3v) is 3.94. The van der Waals surface area contributed by atoms with Crippen molar-refractivity contribution in [3.63, 3.8) is 0 Å². The van der Waals surface area contributed by atoms with Gasteiger partial charge in [0.05, 0.1) is 7.11 Å². The van der Waals surface area contributed by atoms with Crippen LogP contribution in [-0.4, -0.2) is 24.0 Å². The molecule has 0 amide bonds. The summed E-state index contributed by atoms with van der Waals surface area (Å²) in [6.45, 7) is 1.87. The molecule has 1 atom stereocenters. The van der Waals surface area contributed by atoms with Gasteiger partial charge in [0, 0.05) is 17.4 Å². The number of benzene rings is 1. The molecule has 4 heteroatoms. The highest BCUT2D eigenvalue weighted by molar-refractivity contribution is 6.02. The van der Waals surface area contributed by atoms with Crippen molar-refractivity contribution < 1.29 is 19.4 Å².